The van der Waals surface area contributed by atoms with Crippen LogP contribution in [0.1, 0.15) is 0 Å². The molecule has 0 N–H and O–H groups in total. The highest BCUT2D eigenvalue weighted by atomic mass is 16.5. The monoisotopic (exact) mass is 277 g/mol. The molecule has 2 heterocycles. The minimum absolute atomic E-state index is 0.772. The molecule has 1 aromatic carbocycles. The lowest BCUT2D eigenvalue weighted by atomic mass is 10.2. The van der Waals surface area contributed by atoms with Crippen LogP contribution in [0.15, 0.2) is 73.1 Å². The third-order valence-corrected chi connectivity index (χ3v) is 3.08. The summed E-state index contributed by atoms with van der Waals surface area (Å²) in [5.41, 5.74) is 0.900. The molecule has 0 spiro atoms. The van der Waals surface area contributed by atoms with Gasteiger partial charge in [0.1, 0.15) is 17.4 Å². The smallest absolute Gasteiger partial charge is 0.142 e. The molecule has 104 valence electrons. The first kappa shape index (κ1) is 13.1. The molecule has 4 heteroatoms. The minimum atomic E-state index is 0.772. The molecule has 21 heavy (non-hydrogen) atoms. The van der Waals surface area contributed by atoms with Crippen LogP contribution in [0.2, 0.25) is 0 Å². The molecule has 0 aliphatic carbocycles. The Labute approximate surface area is 123 Å². The predicted octanol–water partition coefficient (Wildman–Crippen LogP) is 3.96. The van der Waals surface area contributed by atoms with Gasteiger partial charge in [-0.3, -0.25) is 4.90 Å². The van der Waals surface area contributed by atoms with E-state index in [0.29, 0.717) is 0 Å². The number of ether oxygens (including phenoxy) is 1. The summed E-state index contributed by atoms with van der Waals surface area (Å²) >= 11 is 0. The number of benzene rings is 1. The average Bonchev–Trinajstić information content (AvgIpc) is 2.58. The van der Waals surface area contributed by atoms with Gasteiger partial charge in [0.05, 0.1) is 12.8 Å². The maximum Gasteiger partial charge on any atom is 0.142 e. The Kier molecular flexibility index (Phi) is 3.78. The quantitative estimate of drug-likeness (QED) is 0.723. The third-order valence-electron chi connectivity index (χ3n) is 3.08. The lowest BCUT2D eigenvalue weighted by Gasteiger charge is -2.24. The lowest BCUT2D eigenvalue weighted by molar-refractivity contribution is 0.416. The predicted molar refractivity (Wildman–Crippen MR) is 83.3 cm³/mol. The second-order valence-corrected chi connectivity index (χ2v) is 4.38. The van der Waals surface area contributed by atoms with Crippen molar-refractivity contribution < 1.29 is 4.74 Å². The number of methoxy groups -OCH3 is 1. The highest BCUT2D eigenvalue weighted by Gasteiger charge is 2.17. The van der Waals surface area contributed by atoms with E-state index in [4.69, 9.17) is 4.74 Å². The zero-order valence-electron chi connectivity index (χ0n) is 11.7. The van der Waals surface area contributed by atoms with Crippen LogP contribution in [0.25, 0.3) is 0 Å². The van der Waals surface area contributed by atoms with Gasteiger partial charge in [-0.25, -0.2) is 9.97 Å². The highest BCUT2D eigenvalue weighted by Crippen LogP contribution is 2.37. The van der Waals surface area contributed by atoms with Gasteiger partial charge >= 0.3 is 0 Å². The zero-order chi connectivity index (χ0) is 14.5. The Morgan fingerprint density at radius 2 is 1.33 bits per heavy atom. The zero-order valence-corrected chi connectivity index (χ0v) is 11.7. The van der Waals surface area contributed by atoms with Crippen LogP contribution in [0, 0.1) is 0 Å². The Morgan fingerprint density at radius 1 is 0.762 bits per heavy atom. The molecule has 4 nitrogen and oxygen atoms in total. The topological polar surface area (TPSA) is 38.2 Å². The molecule has 0 aliphatic rings. The summed E-state index contributed by atoms with van der Waals surface area (Å²) < 4.78 is 5.47. The number of anilines is 3. The fourth-order valence-corrected chi connectivity index (χ4v) is 2.15. The van der Waals surface area contributed by atoms with Gasteiger partial charge in [0.25, 0.3) is 0 Å². The normalized spacial score (nSPS) is 10.1. The van der Waals surface area contributed by atoms with Gasteiger partial charge in [-0.2, -0.15) is 0 Å². The Morgan fingerprint density at radius 3 is 1.86 bits per heavy atom. The largest absolute Gasteiger partial charge is 0.495 e. The minimum Gasteiger partial charge on any atom is -0.495 e. The van der Waals surface area contributed by atoms with E-state index < -0.39 is 0 Å². The Bertz CT molecular complexity index is 662. The van der Waals surface area contributed by atoms with Crippen LogP contribution in [-0.4, -0.2) is 17.1 Å². The fourth-order valence-electron chi connectivity index (χ4n) is 2.15. The molecule has 0 fully saturated rings. The lowest BCUT2D eigenvalue weighted by Crippen LogP contribution is -2.13. The van der Waals surface area contributed by atoms with E-state index in [-0.39, 0.29) is 0 Å². The van der Waals surface area contributed by atoms with Crippen molar-refractivity contribution >= 4 is 17.3 Å². The van der Waals surface area contributed by atoms with Gasteiger partial charge in [-0.15, -0.1) is 0 Å². The molecule has 0 radical (unpaired) electrons. The van der Waals surface area contributed by atoms with Crippen LogP contribution >= 0.6 is 0 Å². The number of para-hydroxylation sites is 2. The van der Waals surface area contributed by atoms with Crippen molar-refractivity contribution in [1.29, 1.82) is 0 Å². The van der Waals surface area contributed by atoms with Gasteiger partial charge < -0.3 is 4.74 Å². The van der Waals surface area contributed by atoms with E-state index in [2.05, 4.69) is 9.97 Å². The maximum absolute atomic E-state index is 5.47. The molecular formula is C17H15N3O. The second-order valence-electron chi connectivity index (χ2n) is 4.38. The van der Waals surface area contributed by atoms with E-state index in [1.807, 2.05) is 65.6 Å². The summed E-state index contributed by atoms with van der Waals surface area (Å²) in [4.78, 5) is 10.8. The second kappa shape index (κ2) is 6.05. The number of hydrogen-bond donors (Lipinski definition) is 0. The average molecular weight is 277 g/mol. The van der Waals surface area contributed by atoms with Gasteiger partial charge in [-0.1, -0.05) is 24.3 Å². The van der Waals surface area contributed by atoms with E-state index in [1.54, 1.807) is 19.5 Å². The van der Waals surface area contributed by atoms with Crippen molar-refractivity contribution in [1.82, 2.24) is 9.97 Å². The number of pyridine rings is 2. The fraction of sp³-hybridized carbons (Fsp3) is 0.0588. The first-order chi connectivity index (χ1) is 10.4. The summed E-state index contributed by atoms with van der Waals surface area (Å²) in [5, 5.41) is 0. The van der Waals surface area contributed by atoms with Crippen LogP contribution in [0.4, 0.5) is 17.3 Å². The van der Waals surface area contributed by atoms with Crippen LogP contribution in [-0.2, 0) is 0 Å². The van der Waals surface area contributed by atoms with E-state index in [1.165, 1.54) is 0 Å². The van der Waals surface area contributed by atoms with Crippen molar-refractivity contribution in [3.8, 4) is 5.75 Å². The number of nitrogens with zero attached hydrogens (tertiary/aromatic N) is 3. The molecule has 3 rings (SSSR count). The van der Waals surface area contributed by atoms with Gasteiger partial charge in [-0.05, 0) is 36.4 Å². The van der Waals surface area contributed by atoms with Crippen molar-refractivity contribution in [2.24, 2.45) is 0 Å². The number of rotatable bonds is 4. The number of hydrogen-bond acceptors (Lipinski definition) is 4. The first-order valence-corrected chi connectivity index (χ1v) is 6.65. The van der Waals surface area contributed by atoms with Crippen molar-refractivity contribution in [2.45, 2.75) is 0 Å². The maximum atomic E-state index is 5.47. The molecule has 0 amide bonds. The molecule has 0 unspecified atom stereocenters. The van der Waals surface area contributed by atoms with Crippen molar-refractivity contribution in [3.63, 3.8) is 0 Å². The molecule has 0 saturated heterocycles. The summed E-state index contributed by atoms with van der Waals surface area (Å²) in [6, 6.07) is 19.4. The van der Waals surface area contributed by atoms with Crippen molar-refractivity contribution in [3.05, 3.63) is 73.1 Å². The summed E-state index contributed by atoms with van der Waals surface area (Å²) in [5.74, 6) is 2.36. The Balaban J connectivity index is 2.17. The molecule has 2 aromatic heterocycles. The van der Waals surface area contributed by atoms with E-state index in [0.717, 1.165) is 23.1 Å². The van der Waals surface area contributed by atoms with Crippen LogP contribution in [0.3, 0.4) is 0 Å². The summed E-state index contributed by atoms with van der Waals surface area (Å²) in [6.07, 6.45) is 3.53. The third kappa shape index (κ3) is 2.69. The molecule has 0 atom stereocenters. The molecule has 0 bridgehead atoms. The van der Waals surface area contributed by atoms with Crippen molar-refractivity contribution in [2.75, 3.05) is 12.0 Å². The van der Waals surface area contributed by atoms with Gasteiger partial charge in [0.2, 0.25) is 0 Å². The number of aromatic nitrogens is 2. The molecular weight excluding hydrogens is 262 g/mol. The van der Waals surface area contributed by atoms with E-state index in [9.17, 15) is 0 Å². The van der Waals surface area contributed by atoms with Crippen LogP contribution < -0.4 is 9.64 Å². The standard InChI is InChI=1S/C17H15N3O/c1-21-15-9-3-2-8-14(15)20(16-10-4-6-12-18-16)17-11-5-7-13-19-17/h2-13H,1H3. The SMILES string of the molecule is COc1ccccc1N(c1ccccn1)c1ccccn1. The molecule has 0 saturated carbocycles. The Hall–Kier alpha value is -2.88. The van der Waals surface area contributed by atoms with Gasteiger partial charge in [0, 0.05) is 12.4 Å². The van der Waals surface area contributed by atoms with Gasteiger partial charge in [0.15, 0.2) is 0 Å². The first-order valence-electron chi connectivity index (χ1n) is 6.65. The van der Waals surface area contributed by atoms with E-state index >= 15 is 0 Å². The molecule has 3 aromatic rings. The van der Waals surface area contributed by atoms with Crippen LogP contribution in [0.5, 0.6) is 5.75 Å². The summed E-state index contributed by atoms with van der Waals surface area (Å²) in [7, 11) is 1.66. The summed E-state index contributed by atoms with van der Waals surface area (Å²) in [6.45, 7) is 0. The highest BCUT2D eigenvalue weighted by molar-refractivity contribution is 5.76. The molecule has 0 aliphatic heterocycles.